The van der Waals surface area contributed by atoms with Crippen LogP contribution in [0.15, 0.2) is 0 Å². The zero-order chi connectivity index (χ0) is 14.4. The Kier molecular flexibility index (Phi) is 5.47. The summed E-state index contributed by atoms with van der Waals surface area (Å²) in [6, 6.07) is -0.789. The van der Waals surface area contributed by atoms with Gasteiger partial charge in [-0.05, 0) is 19.3 Å². The Morgan fingerprint density at radius 1 is 1.21 bits per heavy atom. The Morgan fingerprint density at radius 3 is 2.26 bits per heavy atom. The molecule has 3 N–H and O–H groups in total. The van der Waals surface area contributed by atoms with Crippen LogP contribution in [0.3, 0.4) is 0 Å². The topological polar surface area (TPSA) is 113 Å². The fourth-order valence-electron chi connectivity index (χ4n) is 2.05. The van der Waals surface area contributed by atoms with Crippen molar-refractivity contribution in [2.45, 2.75) is 39.0 Å². The minimum Gasteiger partial charge on any atom is -0.481 e. The molecule has 0 spiro atoms. The fraction of sp³-hybridized carbons (Fsp3) is 0.667. The summed E-state index contributed by atoms with van der Waals surface area (Å²) in [5.41, 5.74) is 0. The van der Waals surface area contributed by atoms with Gasteiger partial charge >= 0.3 is 12.0 Å². The maximum Gasteiger partial charge on any atom is 0.328 e. The zero-order valence-electron chi connectivity index (χ0n) is 10.8. The molecule has 19 heavy (non-hydrogen) atoms. The Labute approximate surface area is 110 Å². The summed E-state index contributed by atoms with van der Waals surface area (Å²) in [6.07, 6.45) is 2.62. The lowest BCUT2D eigenvalue weighted by Crippen LogP contribution is -2.55. The van der Waals surface area contributed by atoms with Crippen LogP contribution < -0.4 is 10.6 Å². The molecule has 0 saturated carbocycles. The van der Waals surface area contributed by atoms with Gasteiger partial charge in [-0.3, -0.25) is 25.0 Å². The molecule has 7 nitrogen and oxygen atoms in total. The molecule has 1 fully saturated rings. The van der Waals surface area contributed by atoms with E-state index in [1.807, 2.05) is 17.6 Å². The largest absolute Gasteiger partial charge is 0.481 e. The summed E-state index contributed by atoms with van der Waals surface area (Å²) in [5.74, 6) is -3.22. The Morgan fingerprint density at radius 2 is 1.79 bits per heavy atom. The molecule has 1 aliphatic rings. The fourth-order valence-corrected chi connectivity index (χ4v) is 2.05. The zero-order valence-corrected chi connectivity index (χ0v) is 10.8. The highest BCUT2D eigenvalue weighted by molar-refractivity contribution is 6.16. The summed E-state index contributed by atoms with van der Waals surface area (Å²) in [4.78, 5) is 44.5. The average molecular weight is 270 g/mol. The van der Waals surface area contributed by atoms with Gasteiger partial charge in [-0.25, -0.2) is 4.79 Å². The molecule has 1 saturated heterocycles. The van der Waals surface area contributed by atoms with Crippen molar-refractivity contribution >= 4 is 23.8 Å². The molecule has 0 bridgehead atoms. The summed E-state index contributed by atoms with van der Waals surface area (Å²) in [5, 5.41) is 12.9. The third-order valence-electron chi connectivity index (χ3n) is 3.24. The van der Waals surface area contributed by atoms with E-state index in [4.69, 9.17) is 5.11 Å². The van der Waals surface area contributed by atoms with E-state index in [9.17, 15) is 19.2 Å². The third-order valence-corrected chi connectivity index (χ3v) is 3.24. The number of imide groups is 2. The molecule has 0 aromatic heterocycles. The summed E-state index contributed by atoms with van der Waals surface area (Å²) < 4.78 is 0. The number of amides is 4. The van der Waals surface area contributed by atoms with E-state index in [-0.39, 0.29) is 5.92 Å². The van der Waals surface area contributed by atoms with E-state index >= 15 is 0 Å². The first kappa shape index (κ1) is 15.1. The number of aliphatic carboxylic acids is 1. The standard InChI is InChI=1S/C12H18N2O5/c1-2-7(11(17)18)5-3-4-6-8-9(15)13-12(19)14-10(8)16/h7-8H,2-6H2,1H3,(H,17,18)(H2,13,14,15,16,19). The molecule has 1 rings (SSSR count). The third kappa shape index (κ3) is 4.35. The van der Waals surface area contributed by atoms with Crippen LogP contribution in [0.1, 0.15) is 39.0 Å². The first-order chi connectivity index (χ1) is 8.95. The number of carboxylic acids is 1. The number of rotatable bonds is 7. The van der Waals surface area contributed by atoms with Crippen LogP contribution in [0.4, 0.5) is 4.79 Å². The van der Waals surface area contributed by atoms with Crippen molar-refractivity contribution in [3.63, 3.8) is 0 Å². The van der Waals surface area contributed by atoms with Crippen LogP contribution in [0, 0.1) is 11.8 Å². The second kappa shape index (κ2) is 6.86. The number of nitrogens with one attached hydrogen (secondary N) is 2. The van der Waals surface area contributed by atoms with Crippen molar-refractivity contribution in [1.29, 1.82) is 0 Å². The molecule has 1 heterocycles. The predicted molar refractivity (Wildman–Crippen MR) is 65.1 cm³/mol. The predicted octanol–water partition coefficient (Wildman–Crippen LogP) is 0.640. The van der Waals surface area contributed by atoms with Gasteiger partial charge in [0.15, 0.2) is 0 Å². The van der Waals surface area contributed by atoms with Gasteiger partial charge in [0, 0.05) is 0 Å². The minimum atomic E-state index is -0.859. The molecule has 7 heteroatoms. The number of hydrogen-bond donors (Lipinski definition) is 3. The lowest BCUT2D eigenvalue weighted by Gasteiger charge is -2.20. The van der Waals surface area contributed by atoms with Gasteiger partial charge in [-0.15, -0.1) is 0 Å². The highest BCUT2D eigenvalue weighted by Crippen LogP contribution is 2.17. The maximum absolute atomic E-state index is 11.4. The second-order valence-electron chi connectivity index (χ2n) is 4.59. The molecule has 0 aromatic carbocycles. The van der Waals surface area contributed by atoms with E-state index in [2.05, 4.69) is 0 Å². The Hall–Kier alpha value is -1.92. The van der Waals surface area contributed by atoms with Crippen molar-refractivity contribution in [1.82, 2.24) is 10.6 Å². The summed E-state index contributed by atoms with van der Waals surface area (Å²) in [7, 11) is 0. The molecule has 1 unspecified atom stereocenters. The van der Waals surface area contributed by atoms with Crippen molar-refractivity contribution in [3.8, 4) is 0 Å². The van der Waals surface area contributed by atoms with Gasteiger partial charge in [0.2, 0.25) is 11.8 Å². The second-order valence-corrected chi connectivity index (χ2v) is 4.59. The van der Waals surface area contributed by atoms with Crippen LogP contribution in [0.2, 0.25) is 0 Å². The van der Waals surface area contributed by atoms with Gasteiger partial charge in [0.1, 0.15) is 5.92 Å². The molecule has 0 radical (unpaired) electrons. The van der Waals surface area contributed by atoms with Gasteiger partial charge in [-0.1, -0.05) is 19.8 Å². The van der Waals surface area contributed by atoms with E-state index in [1.54, 1.807) is 0 Å². The van der Waals surface area contributed by atoms with Crippen molar-refractivity contribution in [2.75, 3.05) is 0 Å². The van der Waals surface area contributed by atoms with Crippen molar-refractivity contribution in [3.05, 3.63) is 0 Å². The number of barbiturate groups is 1. The molecular weight excluding hydrogens is 252 g/mol. The van der Waals surface area contributed by atoms with Crippen LogP contribution in [0.5, 0.6) is 0 Å². The first-order valence-electron chi connectivity index (χ1n) is 6.34. The Bertz CT molecular complexity index is 374. The van der Waals surface area contributed by atoms with Gasteiger partial charge in [0.05, 0.1) is 5.92 Å². The molecule has 106 valence electrons. The number of hydrogen-bond acceptors (Lipinski definition) is 4. The molecule has 4 amide bonds. The highest BCUT2D eigenvalue weighted by atomic mass is 16.4. The lowest BCUT2D eigenvalue weighted by atomic mass is 9.94. The van der Waals surface area contributed by atoms with Crippen molar-refractivity contribution in [2.24, 2.45) is 11.8 Å². The molecular formula is C12H18N2O5. The quantitative estimate of drug-likeness (QED) is 0.464. The summed E-state index contributed by atoms with van der Waals surface area (Å²) in [6.45, 7) is 1.81. The minimum absolute atomic E-state index is 0.320. The SMILES string of the molecule is CCC(CCCCC1C(=O)NC(=O)NC1=O)C(=O)O. The molecule has 1 aliphatic heterocycles. The molecule has 1 atom stereocenters. The van der Waals surface area contributed by atoms with E-state index in [1.165, 1.54) is 0 Å². The van der Waals surface area contributed by atoms with Crippen molar-refractivity contribution < 1.29 is 24.3 Å². The van der Waals surface area contributed by atoms with Crippen LogP contribution in [-0.4, -0.2) is 28.9 Å². The number of unbranched alkanes of at least 4 members (excludes halogenated alkanes) is 1. The monoisotopic (exact) mass is 270 g/mol. The summed E-state index contributed by atoms with van der Waals surface area (Å²) >= 11 is 0. The maximum atomic E-state index is 11.4. The average Bonchev–Trinajstić information content (AvgIpc) is 2.31. The number of urea groups is 1. The molecule has 0 aromatic rings. The van der Waals surface area contributed by atoms with Crippen LogP contribution in [0.25, 0.3) is 0 Å². The van der Waals surface area contributed by atoms with Gasteiger partial charge in [-0.2, -0.15) is 0 Å². The number of carbonyl (C=O) groups is 4. The van der Waals surface area contributed by atoms with Gasteiger partial charge in [0.25, 0.3) is 0 Å². The first-order valence-corrected chi connectivity index (χ1v) is 6.34. The highest BCUT2D eigenvalue weighted by Gasteiger charge is 2.33. The smallest absolute Gasteiger partial charge is 0.328 e. The Balaban J connectivity index is 2.33. The van der Waals surface area contributed by atoms with Crippen LogP contribution >= 0.6 is 0 Å². The van der Waals surface area contributed by atoms with Crippen LogP contribution in [-0.2, 0) is 14.4 Å². The molecule has 0 aliphatic carbocycles. The van der Waals surface area contributed by atoms with E-state index in [0.717, 1.165) is 0 Å². The normalized spacial score (nSPS) is 17.8. The number of carboxylic acid groups (broad SMARTS) is 1. The van der Waals surface area contributed by atoms with E-state index < -0.39 is 29.7 Å². The van der Waals surface area contributed by atoms with Gasteiger partial charge < -0.3 is 5.11 Å². The number of carbonyl (C=O) groups excluding carboxylic acids is 3. The van der Waals surface area contributed by atoms with E-state index in [0.29, 0.717) is 32.1 Å². The lowest BCUT2D eigenvalue weighted by molar-refractivity contribution is -0.142.